The topological polar surface area (TPSA) is 81.1 Å². The van der Waals surface area contributed by atoms with Crippen LogP contribution in [0.5, 0.6) is 5.75 Å². The lowest BCUT2D eigenvalue weighted by Crippen LogP contribution is -2.37. The van der Waals surface area contributed by atoms with Gasteiger partial charge in [0.25, 0.3) is 0 Å². The van der Waals surface area contributed by atoms with Gasteiger partial charge >= 0.3 is 6.03 Å². The summed E-state index contributed by atoms with van der Waals surface area (Å²) in [6, 6.07) is 7.24. The van der Waals surface area contributed by atoms with Gasteiger partial charge in [-0.3, -0.25) is 0 Å². The van der Waals surface area contributed by atoms with Gasteiger partial charge in [-0.2, -0.15) is 0 Å². The van der Waals surface area contributed by atoms with E-state index in [4.69, 9.17) is 4.74 Å². The van der Waals surface area contributed by atoms with E-state index in [-0.39, 0.29) is 12.1 Å². The average Bonchev–Trinajstić information content (AvgIpc) is 2.98. The smallest absolute Gasteiger partial charge is 0.315 e. The first-order valence-corrected chi connectivity index (χ1v) is 7.70. The molecule has 2 rings (SSSR count). The van der Waals surface area contributed by atoms with E-state index in [0.29, 0.717) is 19.0 Å². The molecule has 0 spiro atoms. The van der Waals surface area contributed by atoms with Crippen molar-refractivity contribution in [1.29, 1.82) is 0 Å². The van der Waals surface area contributed by atoms with Crippen molar-refractivity contribution in [3.05, 3.63) is 42.0 Å². The molecule has 124 valence electrons. The maximum atomic E-state index is 11.9. The second kappa shape index (κ2) is 8.17. The summed E-state index contributed by atoms with van der Waals surface area (Å²) in [5, 5.41) is 13.4. The highest BCUT2D eigenvalue weighted by molar-refractivity contribution is 5.74. The molecular weight excluding hydrogens is 294 g/mol. The predicted molar refractivity (Wildman–Crippen MR) is 87.0 cm³/mol. The number of hydrogen-bond donors (Lipinski definition) is 2. The van der Waals surface area contributed by atoms with E-state index < -0.39 is 0 Å². The Morgan fingerprint density at radius 1 is 1.35 bits per heavy atom. The van der Waals surface area contributed by atoms with Crippen LogP contribution in [0, 0.1) is 0 Å². The fourth-order valence-electron chi connectivity index (χ4n) is 2.10. The molecule has 2 amide bonds. The standard InChI is InChI=1S/C16H23N5O2/c1-4-9-23-14-7-5-13(6-8-14)10-17-16(22)19-12(2)15-20-18-11-21(15)3/h5-8,11-12H,4,9-10H2,1-3H3,(H2,17,19,22)/t12-/m1/s1. The van der Waals surface area contributed by atoms with Gasteiger partial charge in [-0.05, 0) is 31.0 Å². The zero-order chi connectivity index (χ0) is 16.7. The Labute approximate surface area is 136 Å². The lowest BCUT2D eigenvalue weighted by molar-refractivity contribution is 0.237. The van der Waals surface area contributed by atoms with Crippen LogP contribution in [0.4, 0.5) is 4.79 Å². The van der Waals surface area contributed by atoms with Gasteiger partial charge in [0.2, 0.25) is 0 Å². The Morgan fingerprint density at radius 3 is 2.70 bits per heavy atom. The van der Waals surface area contributed by atoms with Crippen molar-refractivity contribution in [3.8, 4) is 5.75 Å². The Kier molecular flexibility index (Phi) is 5.96. The monoisotopic (exact) mass is 317 g/mol. The summed E-state index contributed by atoms with van der Waals surface area (Å²) in [6.45, 7) is 5.09. The van der Waals surface area contributed by atoms with Crippen LogP contribution in [0.15, 0.2) is 30.6 Å². The minimum Gasteiger partial charge on any atom is -0.494 e. The number of carbonyl (C=O) groups is 1. The third-order valence-corrected chi connectivity index (χ3v) is 3.33. The lowest BCUT2D eigenvalue weighted by atomic mass is 10.2. The van der Waals surface area contributed by atoms with Gasteiger partial charge in [-0.25, -0.2) is 4.79 Å². The number of aromatic nitrogens is 3. The minimum absolute atomic E-state index is 0.215. The van der Waals surface area contributed by atoms with E-state index in [1.807, 2.05) is 38.2 Å². The van der Waals surface area contributed by atoms with Gasteiger partial charge in [0.05, 0.1) is 12.6 Å². The second-order valence-electron chi connectivity index (χ2n) is 5.34. The highest BCUT2D eigenvalue weighted by atomic mass is 16.5. The lowest BCUT2D eigenvalue weighted by Gasteiger charge is -2.14. The van der Waals surface area contributed by atoms with Gasteiger partial charge in [-0.15, -0.1) is 10.2 Å². The van der Waals surface area contributed by atoms with E-state index in [2.05, 4.69) is 27.8 Å². The zero-order valence-corrected chi connectivity index (χ0v) is 13.7. The van der Waals surface area contributed by atoms with Gasteiger partial charge in [0.1, 0.15) is 12.1 Å². The van der Waals surface area contributed by atoms with Crippen LogP contribution < -0.4 is 15.4 Å². The van der Waals surface area contributed by atoms with Crippen LogP contribution >= 0.6 is 0 Å². The van der Waals surface area contributed by atoms with Crippen molar-refractivity contribution >= 4 is 6.03 Å². The molecule has 0 fully saturated rings. The molecule has 0 saturated carbocycles. The second-order valence-corrected chi connectivity index (χ2v) is 5.34. The van der Waals surface area contributed by atoms with Crippen LogP contribution in [0.3, 0.4) is 0 Å². The van der Waals surface area contributed by atoms with E-state index in [1.54, 1.807) is 10.9 Å². The molecule has 0 aliphatic carbocycles. The minimum atomic E-state index is -0.244. The van der Waals surface area contributed by atoms with Crippen molar-refractivity contribution < 1.29 is 9.53 Å². The number of benzene rings is 1. The maximum Gasteiger partial charge on any atom is 0.315 e. The average molecular weight is 317 g/mol. The maximum absolute atomic E-state index is 11.9. The van der Waals surface area contributed by atoms with Gasteiger partial charge in [-0.1, -0.05) is 19.1 Å². The number of carbonyl (C=O) groups excluding carboxylic acids is 1. The first-order valence-electron chi connectivity index (χ1n) is 7.70. The molecular formula is C16H23N5O2. The van der Waals surface area contributed by atoms with Crippen LogP contribution in [0.2, 0.25) is 0 Å². The molecule has 7 heteroatoms. The number of aryl methyl sites for hydroxylation is 1. The summed E-state index contributed by atoms with van der Waals surface area (Å²) < 4.78 is 7.30. The van der Waals surface area contributed by atoms with Crippen LogP contribution in [-0.4, -0.2) is 27.4 Å². The third kappa shape index (κ3) is 4.98. The van der Waals surface area contributed by atoms with Crippen molar-refractivity contribution in [2.75, 3.05) is 6.61 Å². The highest BCUT2D eigenvalue weighted by Crippen LogP contribution is 2.12. The fourth-order valence-corrected chi connectivity index (χ4v) is 2.10. The number of amides is 2. The Hall–Kier alpha value is -2.57. The van der Waals surface area contributed by atoms with Gasteiger partial charge in [0, 0.05) is 13.6 Å². The van der Waals surface area contributed by atoms with Gasteiger partial charge in [0.15, 0.2) is 5.82 Å². The molecule has 1 aromatic heterocycles. The van der Waals surface area contributed by atoms with Crippen molar-refractivity contribution in [3.63, 3.8) is 0 Å². The highest BCUT2D eigenvalue weighted by Gasteiger charge is 2.13. The number of ether oxygens (including phenoxy) is 1. The Morgan fingerprint density at radius 2 is 2.09 bits per heavy atom. The Bertz CT molecular complexity index is 624. The van der Waals surface area contributed by atoms with Crippen LogP contribution in [0.1, 0.15) is 37.7 Å². The summed E-state index contributed by atoms with van der Waals surface area (Å²) in [6.07, 6.45) is 2.58. The first kappa shape index (κ1) is 16.8. The van der Waals surface area contributed by atoms with Crippen LogP contribution in [0.25, 0.3) is 0 Å². The molecule has 0 unspecified atom stereocenters. The number of rotatable bonds is 7. The first-order chi connectivity index (χ1) is 11.1. The molecule has 1 atom stereocenters. The number of urea groups is 1. The zero-order valence-electron chi connectivity index (χ0n) is 13.7. The number of hydrogen-bond acceptors (Lipinski definition) is 4. The summed E-state index contributed by atoms with van der Waals surface area (Å²) in [7, 11) is 1.84. The quantitative estimate of drug-likeness (QED) is 0.820. The van der Waals surface area contributed by atoms with Crippen molar-refractivity contribution in [2.24, 2.45) is 7.05 Å². The molecule has 23 heavy (non-hydrogen) atoms. The molecule has 0 aliphatic heterocycles. The van der Waals surface area contributed by atoms with E-state index in [0.717, 1.165) is 17.7 Å². The summed E-state index contributed by atoms with van der Waals surface area (Å²) in [5.41, 5.74) is 1.01. The summed E-state index contributed by atoms with van der Waals surface area (Å²) in [5.74, 6) is 1.55. The number of nitrogens with one attached hydrogen (secondary N) is 2. The molecule has 1 aromatic carbocycles. The largest absolute Gasteiger partial charge is 0.494 e. The molecule has 0 bridgehead atoms. The van der Waals surface area contributed by atoms with E-state index in [9.17, 15) is 4.79 Å². The van der Waals surface area contributed by atoms with E-state index in [1.165, 1.54) is 0 Å². The molecule has 1 heterocycles. The Balaban J connectivity index is 1.79. The third-order valence-electron chi connectivity index (χ3n) is 3.33. The van der Waals surface area contributed by atoms with E-state index >= 15 is 0 Å². The summed E-state index contributed by atoms with van der Waals surface area (Å²) >= 11 is 0. The molecule has 0 radical (unpaired) electrons. The van der Waals surface area contributed by atoms with Gasteiger partial charge < -0.3 is 19.9 Å². The fraction of sp³-hybridized carbons (Fsp3) is 0.438. The van der Waals surface area contributed by atoms with Crippen molar-refractivity contribution in [2.45, 2.75) is 32.9 Å². The molecule has 7 nitrogen and oxygen atoms in total. The van der Waals surface area contributed by atoms with Crippen LogP contribution in [-0.2, 0) is 13.6 Å². The molecule has 0 saturated heterocycles. The number of nitrogens with zero attached hydrogens (tertiary/aromatic N) is 3. The SMILES string of the molecule is CCCOc1ccc(CNC(=O)N[C@H](C)c2nncn2C)cc1. The molecule has 2 aromatic rings. The predicted octanol–water partition coefficient (Wildman–Crippen LogP) is 2.16. The summed E-state index contributed by atoms with van der Waals surface area (Å²) in [4.78, 5) is 11.9. The van der Waals surface area contributed by atoms with Crippen molar-refractivity contribution in [1.82, 2.24) is 25.4 Å². The normalized spacial score (nSPS) is 11.8. The molecule has 2 N–H and O–H groups in total. The molecule has 0 aliphatic rings.